The minimum Gasteiger partial charge on any atom is -0.493 e. The smallest absolute Gasteiger partial charge is 0.258 e. The van der Waals surface area contributed by atoms with Crippen LogP contribution in [0.5, 0.6) is 11.5 Å². The number of nitrogens with zero attached hydrogens (tertiary/aromatic N) is 1. The van der Waals surface area contributed by atoms with Crippen LogP contribution in [0.3, 0.4) is 0 Å². The van der Waals surface area contributed by atoms with Gasteiger partial charge in [-0.3, -0.25) is 4.79 Å². The van der Waals surface area contributed by atoms with Gasteiger partial charge in [0.05, 0.1) is 25.5 Å². The molecule has 0 saturated heterocycles. The minimum absolute atomic E-state index is 0.0632. The molecule has 0 unspecified atom stereocenters. The molecular formula is C23H22N2O4. The molecule has 0 radical (unpaired) electrons. The zero-order valence-corrected chi connectivity index (χ0v) is 16.1. The van der Waals surface area contributed by atoms with Crippen molar-refractivity contribution in [2.24, 2.45) is 0 Å². The van der Waals surface area contributed by atoms with E-state index < -0.39 is 0 Å². The first-order chi connectivity index (χ1) is 14.2. The zero-order valence-electron chi connectivity index (χ0n) is 16.1. The van der Waals surface area contributed by atoms with Crippen molar-refractivity contribution in [2.75, 3.05) is 19.0 Å². The lowest BCUT2D eigenvalue weighted by molar-refractivity contribution is 0.0651. The number of fused-ring (bicyclic) bond motifs is 1. The number of hydrogen-bond donors (Lipinski definition) is 1. The predicted molar refractivity (Wildman–Crippen MR) is 110 cm³/mol. The Kier molecular flexibility index (Phi) is 5.24. The van der Waals surface area contributed by atoms with Gasteiger partial charge >= 0.3 is 0 Å². The van der Waals surface area contributed by atoms with Crippen LogP contribution >= 0.6 is 0 Å². The van der Waals surface area contributed by atoms with Gasteiger partial charge in [-0.15, -0.1) is 0 Å². The molecule has 3 aromatic rings. The highest BCUT2D eigenvalue weighted by atomic mass is 16.5. The molecule has 6 heteroatoms. The summed E-state index contributed by atoms with van der Waals surface area (Å²) in [6.45, 7) is 4.39. The van der Waals surface area contributed by atoms with Crippen LogP contribution in [-0.2, 0) is 6.54 Å². The molecule has 4 rings (SSSR count). The highest BCUT2D eigenvalue weighted by Gasteiger charge is 2.33. The van der Waals surface area contributed by atoms with Gasteiger partial charge < -0.3 is 24.1 Å². The van der Waals surface area contributed by atoms with E-state index in [4.69, 9.17) is 13.9 Å². The number of hydrogen-bond acceptors (Lipinski definition) is 5. The maximum atomic E-state index is 13.3. The second-order valence-corrected chi connectivity index (χ2v) is 6.61. The molecule has 29 heavy (non-hydrogen) atoms. The highest BCUT2D eigenvalue weighted by molar-refractivity contribution is 6.01. The van der Waals surface area contributed by atoms with Crippen molar-refractivity contribution < 1.29 is 18.7 Å². The van der Waals surface area contributed by atoms with Crippen LogP contribution in [0.25, 0.3) is 0 Å². The molecule has 1 aromatic heterocycles. The van der Waals surface area contributed by atoms with E-state index in [2.05, 4.69) is 11.9 Å². The van der Waals surface area contributed by atoms with Crippen LogP contribution in [0.4, 0.5) is 5.69 Å². The third-order valence-corrected chi connectivity index (χ3v) is 4.79. The van der Waals surface area contributed by atoms with Gasteiger partial charge in [0.1, 0.15) is 18.5 Å². The molecule has 1 aliphatic heterocycles. The molecule has 2 heterocycles. The third kappa shape index (κ3) is 3.69. The lowest BCUT2D eigenvalue weighted by atomic mass is 10.0. The lowest BCUT2D eigenvalue weighted by Gasteiger charge is -2.37. The Bertz CT molecular complexity index is 1010. The first-order valence-corrected chi connectivity index (χ1v) is 9.32. The average Bonchev–Trinajstić information content (AvgIpc) is 3.27. The van der Waals surface area contributed by atoms with Crippen LogP contribution < -0.4 is 14.8 Å². The second-order valence-electron chi connectivity index (χ2n) is 6.61. The number of furan rings is 1. The van der Waals surface area contributed by atoms with E-state index in [0.717, 1.165) is 11.3 Å². The Labute approximate surface area is 169 Å². The molecule has 0 fully saturated rings. The first-order valence-electron chi connectivity index (χ1n) is 9.32. The first kappa shape index (κ1) is 18.7. The number of para-hydroxylation sites is 1. The van der Waals surface area contributed by atoms with Gasteiger partial charge in [0.15, 0.2) is 11.5 Å². The largest absolute Gasteiger partial charge is 0.493 e. The Morgan fingerprint density at radius 2 is 2.03 bits per heavy atom. The van der Waals surface area contributed by atoms with Crippen LogP contribution in [0.2, 0.25) is 0 Å². The quantitative estimate of drug-likeness (QED) is 0.597. The molecule has 1 N–H and O–H groups in total. The molecule has 0 saturated carbocycles. The average molecular weight is 390 g/mol. The summed E-state index contributed by atoms with van der Waals surface area (Å²) in [6.07, 6.45) is 2.90. The second kappa shape index (κ2) is 8.14. The molecule has 2 aromatic carbocycles. The SMILES string of the molecule is C=CCOc1ccc([C@@H]2Nc3ccccc3C(=O)N2Cc2ccco2)cc1OC. The molecule has 6 nitrogen and oxygen atoms in total. The highest BCUT2D eigenvalue weighted by Crippen LogP contribution is 2.37. The number of anilines is 1. The standard InChI is InChI=1S/C23H22N2O4/c1-3-12-29-20-11-10-16(14-21(20)27-2)22-24-19-9-5-4-8-18(19)23(26)25(22)15-17-7-6-13-28-17/h3-11,13-14,22,24H,1,12,15H2,2H3/t22-/m1/s1. The fourth-order valence-corrected chi connectivity index (χ4v) is 3.41. The summed E-state index contributed by atoms with van der Waals surface area (Å²) in [6, 6.07) is 16.8. The number of rotatable bonds is 7. The van der Waals surface area contributed by atoms with Gasteiger partial charge in [-0.1, -0.05) is 30.9 Å². The molecule has 0 aliphatic carbocycles. The van der Waals surface area contributed by atoms with Crippen molar-refractivity contribution >= 4 is 11.6 Å². The van der Waals surface area contributed by atoms with Crippen molar-refractivity contribution in [3.8, 4) is 11.5 Å². The maximum Gasteiger partial charge on any atom is 0.258 e. The number of nitrogens with one attached hydrogen (secondary N) is 1. The monoisotopic (exact) mass is 390 g/mol. The topological polar surface area (TPSA) is 63.9 Å². The van der Waals surface area contributed by atoms with Crippen LogP contribution in [0.15, 0.2) is 77.9 Å². The summed E-state index contributed by atoms with van der Waals surface area (Å²) in [4.78, 5) is 15.0. The number of methoxy groups -OCH3 is 1. The predicted octanol–water partition coefficient (Wildman–Crippen LogP) is 4.62. The number of carbonyl (C=O) groups excluding carboxylic acids is 1. The Hall–Kier alpha value is -3.67. The summed E-state index contributed by atoms with van der Waals surface area (Å²) in [5.74, 6) is 1.86. The molecule has 1 atom stereocenters. The van der Waals surface area contributed by atoms with E-state index in [0.29, 0.717) is 36.0 Å². The third-order valence-electron chi connectivity index (χ3n) is 4.79. The fraction of sp³-hybridized carbons (Fsp3) is 0.174. The number of carbonyl (C=O) groups is 1. The molecular weight excluding hydrogens is 368 g/mol. The normalized spacial score (nSPS) is 15.4. The van der Waals surface area contributed by atoms with Crippen molar-refractivity contribution in [1.82, 2.24) is 4.90 Å². The lowest BCUT2D eigenvalue weighted by Crippen LogP contribution is -2.42. The van der Waals surface area contributed by atoms with Crippen molar-refractivity contribution in [1.29, 1.82) is 0 Å². The Balaban J connectivity index is 1.73. The molecule has 1 amide bonds. The van der Waals surface area contributed by atoms with E-state index in [9.17, 15) is 4.79 Å². The van der Waals surface area contributed by atoms with Gasteiger partial charge in [-0.25, -0.2) is 0 Å². The van der Waals surface area contributed by atoms with Crippen molar-refractivity contribution in [3.63, 3.8) is 0 Å². The number of amides is 1. The summed E-state index contributed by atoms with van der Waals surface area (Å²) >= 11 is 0. The molecule has 0 bridgehead atoms. The molecule has 1 aliphatic rings. The van der Waals surface area contributed by atoms with Crippen LogP contribution in [-0.4, -0.2) is 24.5 Å². The van der Waals surface area contributed by atoms with E-state index in [-0.39, 0.29) is 12.1 Å². The Morgan fingerprint density at radius 3 is 2.79 bits per heavy atom. The summed E-state index contributed by atoms with van der Waals surface area (Å²) in [5, 5.41) is 3.47. The van der Waals surface area contributed by atoms with Crippen molar-refractivity contribution in [3.05, 3.63) is 90.4 Å². The van der Waals surface area contributed by atoms with E-state index in [1.165, 1.54) is 0 Å². The molecule has 148 valence electrons. The maximum absolute atomic E-state index is 13.3. The van der Waals surface area contributed by atoms with Gasteiger partial charge in [-0.05, 0) is 42.0 Å². The van der Waals surface area contributed by atoms with Gasteiger partial charge in [0, 0.05) is 5.69 Å². The van der Waals surface area contributed by atoms with Gasteiger partial charge in [-0.2, -0.15) is 0 Å². The summed E-state index contributed by atoms with van der Waals surface area (Å²) in [7, 11) is 1.59. The van der Waals surface area contributed by atoms with E-state index in [1.807, 2.05) is 54.6 Å². The van der Waals surface area contributed by atoms with Crippen LogP contribution in [0.1, 0.15) is 27.8 Å². The Morgan fingerprint density at radius 1 is 1.17 bits per heavy atom. The van der Waals surface area contributed by atoms with E-state index >= 15 is 0 Å². The zero-order chi connectivity index (χ0) is 20.2. The van der Waals surface area contributed by atoms with Gasteiger partial charge in [0.25, 0.3) is 5.91 Å². The summed E-state index contributed by atoms with van der Waals surface area (Å²) in [5.41, 5.74) is 2.31. The van der Waals surface area contributed by atoms with Crippen molar-refractivity contribution in [2.45, 2.75) is 12.7 Å². The molecule has 0 spiro atoms. The van der Waals surface area contributed by atoms with Crippen LogP contribution in [0, 0.1) is 0 Å². The van der Waals surface area contributed by atoms with E-state index in [1.54, 1.807) is 24.3 Å². The summed E-state index contributed by atoms with van der Waals surface area (Å²) < 4.78 is 16.6. The minimum atomic E-state index is -0.384. The fourth-order valence-electron chi connectivity index (χ4n) is 3.41. The number of benzene rings is 2. The number of ether oxygens (including phenoxy) is 2. The van der Waals surface area contributed by atoms with Gasteiger partial charge in [0.2, 0.25) is 0 Å².